The second kappa shape index (κ2) is 4.80. The van der Waals surface area contributed by atoms with Crippen molar-refractivity contribution in [2.24, 2.45) is 11.8 Å². The fourth-order valence-corrected chi connectivity index (χ4v) is 2.44. The Kier molecular flexibility index (Phi) is 3.98. The van der Waals surface area contributed by atoms with Crippen LogP contribution in [0.1, 0.15) is 40.5 Å². The topological polar surface area (TPSA) is 9.23 Å². The van der Waals surface area contributed by atoms with Gasteiger partial charge in [-0.3, -0.25) is 0 Å². The van der Waals surface area contributed by atoms with Crippen LogP contribution in [-0.4, -0.2) is 13.2 Å². The van der Waals surface area contributed by atoms with Crippen molar-refractivity contribution in [1.82, 2.24) is 0 Å². The summed E-state index contributed by atoms with van der Waals surface area (Å²) >= 11 is 0. The van der Waals surface area contributed by atoms with E-state index in [1.54, 1.807) is 5.57 Å². The number of hydrogen-bond donors (Lipinski definition) is 0. The number of rotatable bonds is 2. The van der Waals surface area contributed by atoms with E-state index >= 15 is 0 Å². The number of allylic oxidation sites excluding steroid dienone is 1. The van der Waals surface area contributed by atoms with E-state index in [-0.39, 0.29) is 0 Å². The molecule has 1 rings (SSSR count). The average molecular weight is 182 g/mol. The highest BCUT2D eigenvalue weighted by Gasteiger charge is 2.21. The molecule has 1 saturated heterocycles. The Morgan fingerprint density at radius 2 is 2.00 bits per heavy atom. The lowest BCUT2D eigenvalue weighted by Crippen LogP contribution is -2.22. The average Bonchev–Trinajstić information content (AvgIpc) is 2.04. The summed E-state index contributed by atoms with van der Waals surface area (Å²) in [5, 5.41) is 0. The summed E-state index contributed by atoms with van der Waals surface area (Å²) in [6.07, 6.45) is 2.55. The van der Waals surface area contributed by atoms with Gasteiger partial charge < -0.3 is 4.74 Å². The maximum Gasteiger partial charge on any atom is 0.0531 e. The first-order chi connectivity index (χ1) is 6.13. The summed E-state index contributed by atoms with van der Waals surface area (Å²) in [7, 11) is 0. The second-order valence-electron chi connectivity index (χ2n) is 4.52. The van der Waals surface area contributed by atoms with Gasteiger partial charge >= 0.3 is 0 Å². The molecule has 13 heavy (non-hydrogen) atoms. The van der Waals surface area contributed by atoms with Crippen molar-refractivity contribution in [3.8, 4) is 0 Å². The molecule has 1 fully saturated rings. The van der Waals surface area contributed by atoms with Gasteiger partial charge in [-0.15, -0.1) is 0 Å². The SMILES string of the molecule is CC(C)=C(C(C)C)C1CCCOC1. The van der Waals surface area contributed by atoms with Gasteiger partial charge in [0, 0.05) is 12.5 Å². The normalized spacial score (nSPS) is 23.3. The smallest absolute Gasteiger partial charge is 0.0531 e. The van der Waals surface area contributed by atoms with Gasteiger partial charge in [0.2, 0.25) is 0 Å². The van der Waals surface area contributed by atoms with E-state index in [1.165, 1.54) is 18.4 Å². The molecule has 1 heteroatoms. The van der Waals surface area contributed by atoms with E-state index in [9.17, 15) is 0 Å². The third-order valence-corrected chi connectivity index (χ3v) is 2.80. The molecule has 1 heterocycles. The lowest BCUT2D eigenvalue weighted by molar-refractivity contribution is 0.0641. The fourth-order valence-electron chi connectivity index (χ4n) is 2.44. The van der Waals surface area contributed by atoms with Crippen LogP contribution in [0.3, 0.4) is 0 Å². The van der Waals surface area contributed by atoms with Gasteiger partial charge in [-0.05, 0) is 32.6 Å². The highest BCUT2D eigenvalue weighted by atomic mass is 16.5. The Labute approximate surface area is 82.2 Å². The summed E-state index contributed by atoms with van der Waals surface area (Å²) in [4.78, 5) is 0. The molecule has 0 amide bonds. The molecule has 1 nitrogen and oxygen atoms in total. The predicted octanol–water partition coefficient (Wildman–Crippen LogP) is 3.41. The molecule has 0 aromatic carbocycles. The molecule has 0 radical (unpaired) electrons. The van der Waals surface area contributed by atoms with Gasteiger partial charge in [-0.2, -0.15) is 0 Å². The molecule has 0 N–H and O–H groups in total. The minimum absolute atomic E-state index is 0.677. The first kappa shape index (κ1) is 10.8. The predicted molar refractivity (Wildman–Crippen MR) is 56.8 cm³/mol. The van der Waals surface area contributed by atoms with E-state index in [1.807, 2.05) is 0 Å². The van der Waals surface area contributed by atoms with E-state index in [4.69, 9.17) is 4.74 Å². The van der Waals surface area contributed by atoms with Crippen LogP contribution in [-0.2, 0) is 4.74 Å². The maximum atomic E-state index is 5.53. The van der Waals surface area contributed by atoms with Crippen LogP contribution in [0.5, 0.6) is 0 Å². The Balaban J connectivity index is 2.69. The van der Waals surface area contributed by atoms with Crippen molar-refractivity contribution in [3.05, 3.63) is 11.1 Å². The number of hydrogen-bond acceptors (Lipinski definition) is 1. The molecule has 0 aromatic rings. The molecule has 1 unspecified atom stereocenters. The van der Waals surface area contributed by atoms with Gasteiger partial charge in [0.05, 0.1) is 6.61 Å². The Morgan fingerprint density at radius 1 is 1.31 bits per heavy atom. The Hall–Kier alpha value is -0.300. The van der Waals surface area contributed by atoms with Crippen molar-refractivity contribution in [3.63, 3.8) is 0 Å². The maximum absolute atomic E-state index is 5.53. The van der Waals surface area contributed by atoms with Gasteiger partial charge in [0.1, 0.15) is 0 Å². The van der Waals surface area contributed by atoms with Crippen LogP contribution in [0.25, 0.3) is 0 Å². The lowest BCUT2D eigenvalue weighted by atomic mass is 9.83. The molecule has 0 aromatic heterocycles. The van der Waals surface area contributed by atoms with E-state index in [2.05, 4.69) is 27.7 Å². The van der Waals surface area contributed by atoms with Crippen LogP contribution in [0.2, 0.25) is 0 Å². The van der Waals surface area contributed by atoms with Crippen LogP contribution < -0.4 is 0 Å². The molecule has 0 aliphatic carbocycles. The molecular weight excluding hydrogens is 160 g/mol. The minimum Gasteiger partial charge on any atom is -0.381 e. The third-order valence-electron chi connectivity index (χ3n) is 2.80. The standard InChI is InChI=1S/C12H22O/c1-9(2)12(10(3)4)11-6-5-7-13-8-11/h9,11H,5-8H2,1-4H3. The van der Waals surface area contributed by atoms with Gasteiger partial charge in [0.25, 0.3) is 0 Å². The van der Waals surface area contributed by atoms with Crippen molar-refractivity contribution < 1.29 is 4.74 Å². The summed E-state index contributed by atoms with van der Waals surface area (Å²) in [6, 6.07) is 0. The van der Waals surface area contributed by atoms with E-state index in [0.717, 1.165) is 13.2 Å². The van der Waals surface area contributed by atoms with Crippen molar-refractivity contribution >= 4 is 0 Å². The van der Waals surface area contributed by atoms with Crippen LogP contribution >= 0.6 is 0 Å². The molecule has 76 valence electrons. The van der Waals surface area contributed by atoms with Crippen molar-refractivity contribution in [2.75, 3.05) is 13.2 Å². The first-order valence-electron chi connectivity index (χ1n) is 5.38. The molecule has 1 atom stereocenters. The summed E-state index contributed by atoms with van der Waals surface area (Å²) in [5.41, 5.74) is 3.12. The summed E-state index contributed by atoms with van der Waals surface area (Å²) in [5.74, 6) is 1.37. The summed E-state index contributed by atoms with van der Waals surface area (Å²) < 4.78 is 5.53. The molecule has 0 spiro atoms. The van der Waals surface area contributed by atoms with Gasteiger partial charge in [-0.1, -0.05) is 25.0 Å². The fraction of sp³-hybridized carbons (Fsp3) is 0.833. The highest BCUT2D eigenvalue weighted by molar-refractivity contribution is 5.16. The van der Waals surface area contributed by atoms with Crippen LogP contribution in [0, 0.1) is 11.8 Å². The van der Waals surface area contributed by atoms with Crippen molar-refractivity contribution in [1.29, 1.82) is 0 Å². The van der Waals surface area contributed by atoms with E-state index in [0.29, 0.717) is 11.8 Å². The van der Waals surface area contributed by atoms with Gasteiger partial charge in [0.15, 0.2) is 0 Å². The zero-order valence-electron chi connectivity index (χ0n) is 9.39. The number of ether oxygens (including phenoxy) is 1. The quantitative estimate of drug-likeness (QED) is 0.595. The van der Waals surface area contributed by atoms with Crippen molar-refractivity contribution in [2.45, 2.75) is 40.5 Å². The molecular formula is C12H22O. The van der Waals surface area contributed by atoms with E-state index < -0.39 is 0 Å². The second-order valence-corrected chi connectivity index (χ2v) is 4.52. The Bertz CT molecular complexity index is 181. The monoisotopic (exact) mass is 182 g/mol. The van der Waals surface area contributed by atoms with Crippen LogP contribution in [0.4, 0.5) is 0 Å². The Morgan fingerprint density at radius 3 is 2.38 bits per heavy atom. The first-order valence-corrected chi connectivity index (χ1v) is 5.38. The highest BCUT2D eigenvalue weighted by Crippen LogP contribution is 2.29. The van der Waals surface area contributed by atoms with Gasteiger partial charge in [-0.25, -0.2) is 0 Å². The lowest BCUT2D eigenvalue weighted by Gasteiger charge is -2.28. The summed E-state index contributed by atoms with van der Waals surface area (Å²) in [6.45, 7) is 10.9. The largest absolute Gasteiger partial charge is 0.381 e. The molecule has 1 aliphatic rings. The minimum atomic E-state index is 0.677. The third kappa shape index (κ3) is 2.84. The molecule has 1 aliphatic heterocycles. The molecule has 0 bridgehead atoms. The van der Waals surface area contributed by atoms with Crippen LogP contribution in [0.15, 0.2) is 11.1 Å². The molecule has 0 saturated carbocycles. The zero-order chi connectivity index (χ0) is 9.84. The zero-order valence-corrected chi connectivity index (χ0v) is 9.39.